The Morgan fingerprint density at radius 1 is 1.30 bits per heavy atom. The highest BCUT2D eigenvalue weighted by molar-refractivity contribution is 5.76. The number of hydrogen-bond acceptors (Lipinski definition) is 4. The summed E-state index contributed by atoms with van der Waals surface area (Å²) in [5.74, 6) is 1.09. The topological polar surface area (TPSA) is 54.5 Å². The maximum absolute atomic E-state index is 12.0. The molecule has 1 fully saturated rings. The number of aromatic nitrogens is 1. The minimum absolute atomic E-state index is 0.196. The molecule has 1 aliphatic carbocycles. The Kier molecular flexibility index (Phi) is 4.16. The Morgan fingerprint density at radius 3 is 3.00 bits per heavy atom. The van der Waals surface area contributed by atoms with Gasteiger partial charge in [-0.1, -0.05) is 6.07 Å². The van der Waals surface area contributed by atoms with Crippen molar-refractivity contribution < 1.29 is 9.53 Å². The van der Waals surface area contributed by atoms with Gasteiger partial charge < -0.3 is 15.0 Å². The summed E-state index contributed by atoms with van der Waals surface area (Å²) in [4.78, 5) is 18.5. The smallest absolute Gasteiger partial charge is 0.224 e. The molecule has 1 aromatic rings. The van der Waals surface area contributed by atoms with Crippen molar-refractivity contribution in [1.82, 2.24) is 9.88 Å². The molecule has 5 heteroatoms. The van der Waals surface area contributed by atoms with Crippen LogP contribution in [0.2, 0.25) is 0 Å². The fourth-order valence-corrected chi connectivity index (χ4v) is 2.79. The summed E-state index contributed by atoms with van der Waals surface area (Å²) >= 11 is 0. The summed E-state index contributed by atoms with van der Waals surface area (Å²) in [6.45, 7) is 3.39. The number of pyridine rings is 1. The van der Waals surface area contributed by atoms with Gasteiger partial charge in [0, 0.05) is 31.7 Å². The predicted molar refractivity (Wildman–Crippen MR) is 76.8 cm³/mol. The fraction of sp³-hybridized carbons (Fsp3) is 0.600. The maximum Gasteiger partial charge on any atom is 0.224 e. The van der Waals surface area contributed by atoms with Crippen molar-refractivity contribution in [2.75, 3.05) is 38.2 Å². The van der Waals surface area contributed by atoms with Crippen molar-refractivity contribution in [1.29, 1.82) is 0 Å². The van der Waals surface area contributed by atoms with Gasteiger partial charge in [0.1, 0.15) is 5.82 Å². The van der Waals surface area contributed by atoms with Crippen LogP contribution in [0.25, 0.3) is 0 Å². The molecule has 1 amide bonds. The average Bonchev–Trinajstić information content (AvgIpc) is 2.95. The number of hydrogen-bond donors (Lipinski definition) is 1. The maximum atomic E-state index is 12.0. The van der Waals surface area contributed by atoms with Gasteiger partial charge in [-0.3, -0.25) is 4.79 Å². The molecular formula is C15H21N3O2. The molecule has 2 aliphatic rings. The highest BCUT2D eigenvalue weighted by atomic mass is 16.5. The lowest BCUT2D eigenvalue weighted by molar-refractivity contribution is -0.134. The van der Waals surface area contributed by atoms with E-state index in [1.54, 1.807) is 0 Å². The number of carbonyl (C=O) groups is 1. The zero-order chi connectivity index (χ0) is 13.8. The van der Waals surface area contributed by atoms with E-state index >= 15 is 0 Å². The number of nitrogens with one attached hydrogen (secondary N) is 1. The highest BCUT2D eigenvalue weighted by Gasteiger charge is 2.16. The van der Waals surface area contributed by atoms with E-state index in [9.17, 15) is 4.79 Å². The molecule has 2 heterocycles. The SMILES string of the molecule is O=C(CCNc1ccc2c(n1)CCC2)N1CCOCC1. The lowest BCUT2D eigenvalue weighted by atomic mass is 10.2. The number of carbonyl (C=O) groups excluding carboxylic acids is 1. The number of rotatable bonds is 4. The monoisotopic (exact) mass is 275 g/mol. The molecule has 1 saturated heterocycles. The standard InChI is InChI=1S/C15H21N3O2/c19-15(18-8-10-20-11-9-18)6-7-16-14-5-4-12-2-1-3-13(12)17-14/h4-5H,1-3,6-11H2,(H,16,17). The quantitative estimate of drug-likeness (QED) is 0.898. The first-order valence-corrected chi connectivity index (χ1v) is 7.41. The summed E-state index contributed by atoms with van der Waals surface area (Å²) in [7, 11) is 0. The summed E-state index contributed by atoms with van der Waals surface area (Å²) in [6.07, 6.45) is 3.95. The van der Waals surface area contributed by atoms with Crippen LogP contribution < -0.4 is 5.32 Å². The number of anilines is 1. The Labute approximate surface area is 119 Å². The van der Waals surface area contributed by atoms with Gasteiger partial charge >= 0.3 is 0 Å². The van der Waals surface area contributed by atoms with E-state index in [0.717, 1.165) is 31.7 Å². The van der Waals surface area contributed by atoms with Crippen molar-refractivity contribution in [2.24, 2.45) is 0 Å². The van der Waals surface area contributed by atoms with Crippen molar-refractivity contribution in [2.45, 2.75) is 25.7 Å². The Morgan fingerprint density at radius 2 is 2.15 bits per heavy atom. The van der Waals surface area contributed by atoms with Crippen LogP contribution in [0, 0.1) is 0 Å². The summed E-state index contributed by atoms with van der Waals surface area (Å²) < 4.78 is 5.25. The highest BCUT2D eigenvalue weighted by Crippen LogP contribution is 2.21. The zero-order valence-corrected chi connectivity index (χ0v) is 11.7. The van der Waals surface area contributed by atoms with Gasteiger partial charge in [-0.05, 0) is 30.9 Å². The van der Waals surface area contributed by atoms with Crippen LogP contribution in [0.1, 0.15) is 24.1 Å². The van der Waals surface area contributed by atoms with Crippen LogP contribution in [0.4, 0.5) is 5.82 Å². The Bertz CT molecular complexity index is 484. The molecule has 0 saturated carbocycles. The van der Waals surface area contributed by atoms with Crippen LogP contribution in [-0.4, -0.2) is 48.6 Å². The molecule has 20 heavy (non-hydrogen) atoms. The minimum Gasteiger partial charge on any atom is -0.378 e. The predicted octanol–water partition coefficient (Wildman–Crippen LogP) is 1.23. The molecule has 108 valence electrons. The summed E-state index contributed by atoms with van der Waals surface area (Å²) in [5.41, 5.74) is 2.59. The zero-order valence-electron chi connectivity index (χ0n) is 11.7. The third-order valence-corrected chi connectivity index (χ3v) is 3.94. The van der Waals surface area contributed by atoms with Gasteiger partial charge in [0.2, 0.25) is 5.91 Å². The molecule has 0 spiro atoms. The molecule has 0 bridgehead atoms. The van der Waals surface area contributed by atoms with Crippen LogP contribution in [0.5, 0.6) is 0 Å². The molecule has 1 N–H and O–H groups in total. The minimum atomic E-state index is 0.196. The molecule has 0 unspecified atom stereocenters. The first kappa shape index (κ1) is 13.4. The molecule has 5 nitrogen and oxygen atoms in total. The van der Waals surface area contributed by atoms with E-state index in [0.29, 0.717) is 26.2 Å². The van der Waals surface area contributed by atoms with Gasteiger partial charge in [0.15, 0.2) is 0 Å². The van der Waals surface area contributed by atoms with E-state index in [1.807, 2.05) is 11.0 Å². The van der Waals surface area contributed by atoms with Gasteiger partial charge in [-0.2, -0.15) is 0 Å². The van der Waals surface area contributed by atoms with Crippen molar-refractivity contribution >= 4 is 11.7 Å². The van der Waals surface area contributed by atoms with Gasteiger partial charge in [0.05, 0.1) is 13.2 Å². The van der Waals surface area contributed by atoms with Crippen LogP contribution >= 0.6 is 0 Å². The molecule has 1 aliphatic heterocycles. The van der Waals surface area contributed by atoms with E-state index in [4.69, 9.17) is 4.74 Å². The fourth-order valence-electron chi connectivity index (χ4n) is 2.79. The second-order valence-corrected chi connectivity index (χ2v) is 5.33. The molecule has 0 atom stereocenters. The van der Waals surface area contributed by atoms with Crippen LogP contribution in [0.15, 0.2) is 12.1 Å². The van der Waals surface area contributed by atoms with Gasteiger partial charge in [-0.15, -0.1) is 0 Å². The lowest BCUT2D eigenvalue weighted by Gasteiger charge is -2.26. The Hall–Kier alpha value is -1.62. The number of fused-ring (bicyclic) bond motifs is 1. The molecule has 1 aromatic heterocycles. The number of morpholine rings is 1. The van der Waals surface area contributed by atoms with Crippen molar-refractivity contribution in [3.05, 3.63) is 23.4 Å². The lowest BCUT2D eigenvalue weighted by Crippen LogP contribution is -2.41. The third kappa shape index (κ3) is 3.10. The van der Waals surface area contributed by atoms with E-state index < -0.39 is 0 Å². The number of ether oxygens (including phenoxy) is 1. The van der Waals surface area contributed by atoms with E-state index in [-0.39, 0.29) is 5.91 Å². The average molecular weight is 275 g/mol. The van der Waals surface area contributed by atoms with Crippen molar-refractivity contribution in [3.8, 4) is 0 Å². The van der Waals surface area contributed by atoms with E-state index in [2.05, 4.69) is 16.4 Å². The molecule has 3 rings (SSSR count). The van der Waals surface area contributed by atoms with Crippen LogP contribution in [0.3, 0.4) is 0 Å². The van der Waals surface area contributed by atoms with E-state index in [1.165, 1.54) is 17.7 Å². The first-order valence-electron chi connectivity index (χ1n) is 7.41. The largest absolute Gasteiger partial charge is 0.378 e. The summed E-state index contributed by atoms with van der Waals surface area (Å²) in [6, 6.07) is 4.17. The second kappa shape index (κ2) is 6.22. The first-order chi connectivity index (χ1) is 9.83. The number of nitrogens with zero attached hydrogens (tertiary/aromatic N) is 2. The number of amides is 1. The third-order valence-electron chi connectivity index (χ3n) is 3.94. The van der Waals surface area contributed by atoms with Crippen LogP contribution in [-0.2, 0) is 22.4 Å². The molecule has 0 aromatic carbocycles. The Balaban J connectivity index is 1.46. The second-order valence-electron chi connectivity index (χ2n) is 5.33. The van der Waals surface area contributed by atoms with Crippen molar-refractivity contribution in [3.63, 3.8) is 0 Å². The van der Waals surface area contributed by atoms with Gasteiger partial charge in [0.25, 0.3) is 0 Å². The molecular weight excluding hydrogens is 254 g/mol. The normalized spacial score (nSPS) is 17.9. The van der Waals surface area contributed by atoms with Gasteiger partial charge in [-0.25, -0.2) is 4.98 Å². The summed E-state index contributed by atoms with van der Waals surface area (Å²) in [5, 5.41) is 3.25. The molecule has 0 radical (unpaired) electrons. The number of aryl methyl sites for hydroxylation is 2.